The maximum absolute atomic E-state index is 11.8. The summed E-state index contributed by atoms with van der Waals surface area (Å²) in [6.07, 6.45) is 4.96. The minimum absolute atomic E-state index is 0.138. The minimum atomic E-state index is -0.138. The van der Waals surface area contributed by atoms with E-state index in [1.165, 1.54) is 19.3 Å². The van der Waals surface area contributed by atoms with Crippen LogP contribution in [0.3, 0.4) is 0 Å². The third-order valence-corrected chi connectivity index (χ3v) is 3.27. The molecular weight excluding hydrogens is 236 g/mol. The van der Waals surface area contributed by atoms with Crippen molar-refractivity contribution < 1.29 is 4.79 Å². The molecule has 0 heterocycles. The molecule has 3 N–H and O–H groups in total. The van der Waals surface area contributed by atoms with Crippen LogP contribution >= 0.6 is 11.6 Å². The molecule has 1 aliphatic rings. The highest BCUT2D eigenvalue weighted by Gasteiger charge is 2.20. The Morgan fingerprint density at radius 3 is 2.94 bits per heavy atom. The minimum Gasteiger partial charge on any atom is -0.398 e. The zero-order valence-electron chi connectivity index (χ0n) is 9.71. The molecule has 1 aromatic rings. The van der Waals surface area contributed by atoms with E-state index in [2.05, 4.69) is 5.32 Å². The van der Waals surface area contributed by atoms with Crippen LogP contribution in [0.25, 0.3) is 0 Å². The predicted molar refractivity (Wildman–Crippen MR) is 70.2 cm³/mol. The van der Waals surface area contributed by atoms with E-state index in [0.717, 1.165) is 12.3 Å². The van der Waals surface area contributed by atoms with Crippen molar-refractivity contribution in [2.45, 2.75) is 25.7 Å². The van der Waals surface area contributed by atoms with Gasteiger partial charge in [-0.3, -0.25) is 4.79 Å². The van der Waals surface area contributed by atoms with Gasteiger partial charge in [0.1, 0.15) is 0 Å². The van der Waals surface area contributed by atoms with Crippen molar-refractivity contribution in [3.63, 3.8) is 0 Å². The van der Waals surface area contributed by atoms with Crippen LogP contribution in [0.5, 0.6) is 0 Å². The normalized spacial score (nSPS) is 14.6. The molecule has 0 spiro atoms. The van der Waals surface area contributed by atoms with Gasteiger partial charge in [0.25, 0.3) is 5.91 Å². The van der Waals surface area contributed by atoms with Gasteiger partial charge in [-0.1, -0.05) is 24.4 Å². The number of hydrogen-bond acceptors (Lipinski definition) is 2. The number of carbonyl (C=O) groups excluding carboxylic acids is 1. The number of nitrogens with two attached hydrogens (primary N) is 1. The van der Waals surface area contributed by atoms with Crippen LogP contribution in [0.4, 0.5) is 5.69 Å². The molecule has 0 bridgehead atoms. The van der Waals surface area contributed by atoms with E-state index in [9.17, 15) is 4.79 Å². The largest absolute Gasteiger partial charge is 0.398 e. The van der Waals surface area contributed by atoms with Crippen LogP contribution in [0.2, 0.25) is 5.02 Å². The van der Waals surface area contributed by atoms with Gasteiger partial charge >= 0.3 is 0 Å². The molecule has 1 saturated carbocycles. The molecule has 2 rings (SSSR count). The number of anilines is 1. The highest BCUT2D eigenvalue weighted by molar-refractivity contribution is 6.31. The number of rotatable bonds is 5. The molecule has 0 aliphatic heterocycles. The number of nitrogens with one attached hydrogen (secondary N) is 1. The van der Waals surface area contributed by atoms with Crippen molar-refractivity contribution in [1.29, 1.82) is 0 Å². The fourth-order valence-electron chi connectivity index (χ4n) is 1.82. The van der Waals surface area contributed by atoms with E-state index >= 15 is 0 Å². The Morgan fingerprint density at radius 2 is 2.24 bits per heavy atom. The lowest BCUT2D eigenvalue weighted by molar-refractivity contribution is 0.0953. The molecule has 0 unspecified atom stereocenters. The smallest absolute Gasteiger partial charge is 0.253 e. The van der Waals surface area contributed by atoms with Crippen molar-refractivity contribution in [3.05, 3.63) is 28.8 Å². The van der Waals surface area contributed by atoms with Gasteiger partial charge in [-0.15, -0.1) is 0 Å². The second-order valence-electron chi connectivity index (χ2n) is 4.57. The summed E-state index contributed by atoms with van der Waals surface area (Å²) in [5, 5.41) is 3.40. The number of carbonyl (C=O) groups is 1. The summed E-state index contributed by atoms with van der Waals surface area (Å²) < 4.78 is 0. The van der Waals surface area contributed by atoms with Gasteiger partial charge in [-0.25, -0.2) is 0 Å². The fourth-order valence-corrected chi connectivity index (χ4v) is 1.99. The number of nitrogen functional groups attached to an aromatic ring is 1. The third kappa shape index (κ3) is 3.63. The monoisotopic (exact) mass is 252 g/mol. The average Bonchev–Trinajstić information content (AvgIpc) is 3.11. The molecule has 4 heteroatoms. The van der Waals surface area contributed by atoms with Crippen molar-refractivity contribution >= 4 is 23.2 Å². The van der Waals surface area contributed by atoms with Crippen LogP contribution in [0.15, 0.2) is 18.2 Å². The van der Waals surface area contributed by atoms with E-state index in [1.807, 2.05) is 0 Å². The molecule has 0 radical (unpaired) electrons. The molecule has 0 aromatic heterocycles. The number of hydrogen-bond donors (Lipinski definition) is 2. The molecule has 0 saturated heterocycles. The summed E-state index contributed by atoms with van der Waals surface area (Å²) in [6.45, 7) is 0.710. The van der Waals surface area contributed by atoms with Gasteiger partial charge in [0, 0.05) is 17.3 Å². The molecule has 1 aromatic carbocycles. The van der Waals surface area contributed by atoms with Crippen LogP contribution in [-0.2, 0) is 0 Å². The second-order valence-corrected chi connectivity index (χ2v) is 5.01. The lowest BCUT2D eigenvalue weighted by Crippen LogP contribution is -2.25. The lowest BCUT2D eigenvalue weighted by Gasteiger charge is -2.07. The SMILES string of the molecule is Nc1ccc(Cl)cc1C(=O)NCCCC1CC1. The summed E-state index contributed by atoms with van der Waals surface area (Å²) in [4.78, 5) is 11.8. The standard InChI is InChI=1S/C13H17ClN2O/c14-10-5-6-12(15)11(8-10)13(17)16-7-1-2-9-3-4-9/h5-6,8-9H,1-4,7,15H2,(H,16,17). The molecule has 3 nitrogen and oxygen atoms in total. The van der Waals surface area contributed by atoms with Crippen LogP contribution in [0, 0.1) is 5.92 Å². The maximum Gasteiger partial charge on any atom is 0.253 e. The Kier molecular flexibility index (Phi) is 3.89. The van der Waals surface area contributed by atoms with E-state index in [1.54, 1.807) is 18.2 Å². The van der Waals surface area contributed by atoms with Gasteiger partial charge in [0.05, 0.1) is 5.56 Å². The second kappa shape index (κ2) is 5.41. The van der Waals surface area contributed by atoms with E-state index in [-0.39, 0.29) is 5.91 Å². The van der Waals surface area contributed by atoms with E-state index < -0.39 is 0 Å². The third-order valence-electron chi connectivity index (χ3n) is 3.03. The summed E-state index contributed by atoms with van der Waals surface area (Å²) in [5.74, 6) is 0.768. The zero-order chi connectivity index (χ0) is 12.3. The van der Waals surface area contributed by atoms with Crippen LogP contribution < -0.4 is 11.1 Å². The summed E-state index contributed by atoms with van der Waals surface area (Å²) in [6, 6.07) is 4.94. The molecule has 17 heavy (non-hydrogen) atoms. The van der Waals surface area contributed by atoms with Gasteiger partial charge in [0.15, 0.2) is 0 Å². The Labute approximate surface area is 106 Å². The molecule has 0 atom stereocenters. The average molecular weight is 253 g/mol. The highest BCUT2D eigenvalue weighted by Crippen LogP contribution is 2.33. The Bertz CT molecular complexity index is 416. The Morgan fingerprint density at radius 1 is 1.47 bits per heavy atom. The van der Waals surface area contributed by atoms with Gasteiger partial charge in [-0.2, -0.15) is 0 Å². The van der Waals surface area contributed by atoms with Crippen molar-refractivity contribution in [1.82, 2.24) is 5.32 Å². The van der Waals surface area contributed by atoms with Gasteiger partial charge < -0.3 is 11.1 Å². The lowest BCUT2D eigenvalue weighted by atomic mass is 10.1. The Balaban J connectivity index is 1.82. The van der Waals surface area contributed by atoms with Gasteiger partial charge in [-0.05, 0) is 37.0 Å². The summed E-state index contributed by atoms with van der Waals surface area (Å²) in [5.41, 5.74) is 6.66. The highest BCUT2D eigenvalue weighted by atomic mass is 35.5. The predicted octanol–water partition coefficient (Wildman–Crippen LogP) is 2.84. The zero-order valence-corrected chi connectivity index (χ0v) is 10.5. The quantitative estimate of drug-likeness (QED) is 0.625. The first kappa shape index (κ1) is 12.2. The van der Waals surface area contributed by atoms with Crippen LogP contribution in [-0.4, -0.2) is 12.5 Å². The van der Waals surface area contributed by atoms with Gasteiger partial charge in [0.2, 0.25) is 0 Å². The van der Waals surface area contributed by atoms with E-state index in [4.69, 9.17) is 17.3 Å². The first-order valence-corrected chi connectivity index (χ1v) is 6.38. The Hall–Kier alpha value is -1.22. The maximum atomic E-state index is 11.8. The molecule has 1 amide bonds. The molecular formula is C13H17ClN2O. The van der Waals surface area contributed by atoms with Crippen LogP contribution in [0.1, 0.15) is 36.0 Å². The molecule has 1 aliphatic carbocycles. The fraction of sp³-hybridized carbons (Fsp3) is 0.462. The topological polar surface area (TPSA) is 55.1 Å². The first-order chi connectivity index (χ1) is 8.16. The number of benzene rings is 1. The number of amides is 1. The summed E-state index contributed by atoms with van der Waals surface area (Å²) in [7, 11) is 0. The molecule has 1 fully saturated rings. The van der Waals surface area contributed by atoms with Crippen molar-refractivity contribution in [2.75, 3.05) is 12.3 Å². The van der Waals surface area contributed by atoms with Crippen molar-refractivity contribution in [3.8, 4) is 0 Å². The summed E-state index contributed by atoms with van der Waals surface area (Å²) >= 11 is 5.84. The number of halogens is 1. The first-order valence-electron chi connectivity index (χ1n) is 6.00. The molecule has 92 valence electrons. The van der Waals surface area contributed by atoms with Crippen molar-refractivity contribution in [2.24, 2.45) is 5.92 Å². The van der Waals surface area contributed by atoms with E-state index in [0.29, 0.717) is 22.8 Å².